The Bertz CT molecular complexity index is 1460. The van der Waals surface area contributed by atoms with Gasteiger partial charge in [0.15, 0.2) is 6.10 Å². The number of rotatable bonds is 5. The molecule has 4 heterocycles. The SMILES string of the molecule is O=C([C@H](O)c1cccc(C(F)(F)F)c1)N1CCc2nc(C3(c4cc(C5CCOCC5)cs4)CC3)[nH]c(=O)c2C1. The second-order valence-corrected chi connectivity index (χ2v) is 11.5. The van der Waals surface area contributed by atoms with Crippen LogP contribution in [0.15, 0.2) is 40.5 Å². The van der Waals surface area contributed by atoms with Gasteiger partial charge in [0.05, 0.1) is 28.8 Å². The molecule has 3 aliphatic rings. The Hall–Kier alpha value is -3.02. The monoisotopic (exact) mass is 559 g/mol. The first kappa shape index (κ1) is 26.2. The van der Waals surface area contributed by atoms with Gasteiger partial charge in [0, 0.05) is 31.1 Å². The van der Waals surface area contributed by atoms with Gasteiger partial charge in [-0.1, -0.05) is 12.1 Å². The number of aromatic nitrogens is 2. The van der Waals surface area contributed by atoms with Gasteiger partial charge in [-0.15, -0.1) is 11.3 Å². The highest BCUT2D eigenvalue weighted by Gasteiger charge is 2.50. The Balaban J connectivity index is 1.20. The Morgan fingerprint density at radius 2 is 2.00 bits per heavy atom. The molecule has 1 aromatic carbocycles. The number of aromatic amines is 1. The lowest BCUT2D eigenvalue weighted by atomic mass is 9.92. The van der Waals surface area contributed by atoms with Gasteiger partial charge in [0.1, 0.15) is 5.82 Å². The van der Waals surface area contributed by atoms with Crippen molar-refractivity contribution in [1.29, 1.82) is 0 Å². The highest BCUT2D eigenvalue weighted by atomic mass is 32.1. The lowest BCUT2D eigenvalue weighted by Crippen LogP contribution is -2.42. The van der Waals surface area contributed by atoms with Crippen LogP contribution in [0.1, 0.15) is 76.4 Å². The number of nitrogens with zero attached hydrogens (tertiary/aromatic N) is 2. The van der Waals surface area contributed by atoms with Crippen molar-refractivity contribution in [3.05, 3.63) is 84.7 Å². The van der Waals surface area contributed by atoms with Crippen LogP contribution in [-0.2, 0) is 34.1 Å². The average molecular weight is 560 g/mol. The Morgan fingerprint density at radius 3 is 2.72 bits per heavy atom. The van der Waals surface area contributed by atoms with Crippen molar-refractivity contribution in [2.75, 3.05) is 19.8 Å². The maximum atomic E-state index is 13.2. The van der Waals surface area contributed by atoms with E-state index >= 15 is 0 Å². The number of halogens is 3. The number of thiophene rings is 1. The number of amides is 1. The van der Waals surface area contributed by atoms with Gasteiger partial charge in [-0.3, -0.25) is 9.59 Å². The fourth-order valence-electron chi connectivity index (χ4n) is 5.61. The van der Waals surface area contributed by atoms with Gasteiger partial charge in [-0.25, -0.2) is 4.98 Å². The quantitative estimate of drug-likeness (QED) is 0.482. The first-order valence-corrected chi connectivity index (χ1v) is 14.0. The Labute approximate surface area is 226 Å². The number of ether oxygens (including phenoxy) is 1. The molecule has 3 aromatic rings. The molecule has 6 rings (SSSR count). The van der Waals surface area contributed by atoms with E-state index in [1.165, 1.54) is 21.4 Å². The van der Waals surface area contributed by atoms with E-state index in [9.17, 15) is 27.9 Å². The van der Waals surface area contributed by atoms with E-state index < -0.39 is 23.8 Å². The van der Waals surface area contributed by atoms with Crippen LogP contribution in [0.3, 0.4) is 0 Å². The molecule has 2 fully saturated rings. The van der Waals surface area contributed by atoms with Crippen molar-refractivity contribution in [2.45, 2.75) is 62.3 Å². The lowest BCUT2D eigenvalue weighted by Gasteiger charge is -2.30. The zero-order chi connectivity index (χ0) is 27.4. The number of carbonyl (C=O) groups excluding carboxylic acids is 1. The molecule has 2 aromatic heterocycles. The third-order valence-corrected chi connectivity index (χ3v) is 9.28. The molecule has 2 N–H and O–H groups in total. The topological polar surface area (TPSA) is 95.5 Å². The number of nitrogens with one attached hydrogen (secondary N) is 1. The third kappa shape index (κ3) is 4.92. The van der Waals surface area contributed by atoms with Gasteiger partial charge in [0.2, 0.25) is 0 Å². The van der Waals surface area contributed by atoms with Crippen LogP contribution in [0.2, 0.25) is 0 Å². The predicted molar refractivity (Wildman–Crippen MR) is 138 cm³/mol. The van der Waals surface area contributed by atoms with Crippen LogP contribution in [-0.4, -0.2) is 45.6 Å². The molecule has 2 aliphatic heterocycles. The smallest absolute Gasteiger partial charge is 0.381 e. The summed E-state index contributed by atoms with van der Waals surface area (Å²) in [4.78, 5) is 36.5. The van der Waals surface area contributed by atoms with Crippen LogP contribution >= 0.6 is 11.3 Å². The molecule has 0 radical (unpaired) electrons. The molecule has 0 bridgehead atoms. The van der Waals surface area contributed by atoms with Crippen molar-refractivity contribution >= 4 is 17.2 Å². The number of fused-ring (bicyclic) bond motifs is 1. The molecule has 39 heavy (non-hydrogen) atoms. The highest BCUT2D eigenvalue weighted by Crippen LogP contribution is 2.54. The fourth-order valence-corrected chi connectivity index (χ4v) is 6.87. The molecule has 1 saturated carbocycles. The third-order valence-electron chi connectivity index (χ3n) is 8.13. The van der Waals surface area contributed by atoms with E-state index in [0.29, 0.717) is 29.4 Å². The molecule has 1 aliphatic carbocycles. The standard InChI is InChI=1S/C28H28F3N3O4S/c29-28(30,31)19-3-1-2-17(12-19)23(35)25(37)34-9-4-21-20(14-34)24(36)33-26(32-21)27(7-8-27)22-13-18(15-39-22)16-5-10-38-11-6-16/h1-3,12-13,15-16,23,35H,4-11,14H2,(H,32,33,36)/t23-/m1/s1. The minimum atomic E-state index is -4.59. The van der Waals surface area contributed by atoms with Crippen LogP contribution in [0.5, 0.6) is 0 Å². The number of aliphatic hydroxyl groups excluding tert-OH is 1. The van der Waals surface area contributed by atoms with Gasteiger partial charge < -0.3 is 19.7 Å². The predicted octanol–water partition coefficient (Wildman–Crippen LogP) is 4.44. The minimum Gasteiger partial charge on any atom is -0.381 e. The van der Waals surface area contributed by atoms with Gasteiger partial charge in [-0.05, 0) is 66.3 Å². The molecule has 206 valence electrons. The zero-order valence-electron chi connectivity index (χ0n) is 21.1. The minimum absolute atomic E-state index is 0.0628. The molecule has 7 nitrogen and oxygen atoms in total. The van der Waals surface area contributed by atoms with E-state index in [0.717, 1.165) is 57.1 Å². The summed E-state index contributed by atoms with van der Waals surface area (Å²) in [7, 11) is 0. The number of alkyl halides is 3. The largest absolute Gasteiger partial charge is 0.416 e. The van der Waals surface area contributed by atoms with Crippen LogP contribution in [0.4, 0.5) is 13.2 Å². The maximum Gasteiger partial charge on any atom is 0.416 e. The van der Waals surface area contributed by atoms with E-state index in [4.69, 9.17) is 9.72 Å². The van der Waals surface area contributed by atoms with Crippen molar-refractivity contribution in [2.24, 2.45) is 0 Å². The first-order valence-electron chi connectivity index (χ1n) is 13.1. The second-order valence-electron chi connectivity index (χ2n) is 10.6. The summed E-state index contributed by atoms with van der Waals surface area (Å²) in [6.07, 6.45) is -2.22. The molecule has 1 amide bonds. The van der Waals surface area contributed by atoms with E-state index in [1.54, 1.807) is 11.3 Å². The molecule has 0 unspecified atom stereocenters. The average Bonchev–Trinajstić information content (AvgIpc) is 3.61. The summed E-state index contributed by atoms with van der Waals surface area (Å²) in [6.45, 7) is 1.69. The van der Waals surface area contributed by atoms with E-state index in [1.807, 2.05) is 0 Å². The summed E-state index contributed by atoms with van der Waals surface area (Å²) < 4.78 is 44.8. The van der Waals surface area contributed by atoms with Crippen molar-refractivity contribution in [3.8, 4) is 0 Å². The number of H-pyrrole nitrogens is 1. The summed E-state index contributed by atoms with van der Waals surface area (Å²) in [5.74, 6) is 0.390. The number of carbonyl (C=O) groups is 1. The molecule has 1 saturated heterocycles. The van der Waals surface area contributed by atoms with Crippen molar-refractivity contribution < 1.29 is 27.8 Å². The van der Waals surface area contributed by atoms with E-state index in [2.05, 4.69) is 16.4 Å². The maximum absolute atomic E-state index is 13.2. The number of aliphatic hydroxyl groups is 1. The molecule has 0 spiro atoms. The molecule has 1 atom stereocenters. The van der Waals surface area contributed by atoms with Gasteiger partial charge >= 0.3 is 6.18 Å². The lowest BCUT2D eigenvalue weighted by molar-refractivity contribution is -0.142. The summed E-state index contributed by atoms with van der Waals surface area (Å²) in [6, 6.07) is 6.35. The van der Waals surface area contributed by atoms with Gasteiger partial charge in [0.25, 0.3) is 11.5 Å². The van der Waals surface area contributed by atoms with Crippen molar-refractivity contribution in [3.63, 3.8) is 0 Å². The number of benzene rings is 1. The van der Waals surface area contributed by atoms with Crippen LogP contribution < -0.4 is 5.56 Å². The van der Waals surface area contributed by atoms with Crippen LogP contribution in [0.25, 0.3) is 0 Å². The number of hydrogen-bond donors (Lipinski definition) is 2. The fraction of sp³-hybridized carbons (Fsp3) is 0.464. The van der Waals surface area contributed by atoms with Crippen LogP contribution in [0, 0.1) is 0 Å². The summed E-state index contributed by atoms with van der Waals surface area (Å²) in [5, 5.41) is 12.8. The summed E-state index contributed by atoms with van der Waals surface area (Å²) in [5.41, 5.74) is 0.582. The first-order chi connectivity index (χ1) is 18.7. The molecular weight excluding hydrogens is 531 g/mol. The van der Waals surface area contributed by atoms with Crippen molar-refractivity contribution in [1.82, 2.24) is 14.9 Å². The Kier molecular flexibility index (Phi) is 6.63. The summed E-state index contributed by atoms with van der Waals surface area (Å²) >= 11 is 1.70. The normalized spacial score (nSPS) is 19.9. The second kappa shape index (κ2) is 9.87. The zero-order valence-corrected chi connectivity index (χ0v) is 21.9. The molecule has 11 heteroatoms. The van der Waals surface area contributed by atoms with E-state index in [-0.39, 0.29) is 29.6 Å². The Morgan fingerprint density at radius 1 is 1.23 bits per heavy atom. The highest BCUT2D eigenvalue weighted by molar-refractivity contribution is 7.10. The van der Waals surface area contributed by atoms with Gasteiger partial charge in [-0.2, -0.15) is 13.2 Å². The number of hydrogen-bond acceptors (Lipinski definition) is 6. The molecular formula is C28H28F3N3O4S.